The summed E-state index contributed by atoms with van der Waals surface area (Å²) in [5.74, 6) is 1.78. The van der Waals surface area contributed by atoms with Gasteiger partial charge < -0.3 is 5.32 Å². The molecule has 2 fully saturated rings. The molecule has 0 aliphatic heterocycles. The van der Waals surface area contributed by atoms with Gasteiger partial charge in [-0.25, -0.2) is 0 Å². The average molecular weight is 289 g/mol. The lowest BCUT2D eigenvalue weighted by Crippen LogP contribution is -2.38. The summed E-state index contributed by atoms with van der Waals surface area (Å²) in [7, 11) is 0. The summed E-state index contributed by atoms with van der Waals surface area (Å²) in [6, 6.07) is 9.61. The quantitative estimate of drug-likeness (QED) is 0.760. The van der Waals surface area contributed by atoms with Crippen molar-refractivity contribution in [1.82, 2.24) is 0 Å². The smallest absolute Gasteiger partial charge is 0.0480 e. The summed E-state index contributed by atoms with van der Waals surface area (Å²) in [5.41, 5.74) is 1.37. The van der Waals surface area contributed by atoms with Crippen LogP contribution in [0.2, 0.25) is 0 Å². The molecule has 3 rings (SSSR count). The maximum absolute atomic E-state index is 3.78. The number of para-hydroxylation sites is 1. The van der Waals surface area contributed by atoms with Crippen LogP contribution in [0.15, 0.2) is 29.2 Å². The average Bonchev–Trinajstić information content (AvgIpc) is 2.87. The predicted octanol–water partition coefficient (Wildman–Crippen LogP) is 5.57. The van der Waals surface area contributed by atoms with Gasteiger partial charge in [0.25, 0.3) is 0 Å². The van der Waals surface area contributed by atoms with Crippen molar-refractivity contribution in [3.63, 3.8) is 0 Å². The summed E-state index contributed by atoms with van der Waals surface area (Å²) in [6.45, 7) is 4.70. The fourth-order valence-corrected chi connectivity index (χ4v) is 4.76. The Morgan fingerprint density at radius 3 is 2.50 bits per heavy atom. The van der Waals surface area contributed by atoms with Gasteiger partial charge in [0.15, 0.2) is 0 Å². The van der Waals surface area contributed by atoms with Gasteiger partial charge in [-0.1, -0.05) is 38.8 Å². The van der Waals surface area contributed by atoms with Crippen LogP contribution in [-0.4, -0.2) is 11.3 Å². The molecule has 110 valence electrons. The van der Waals surface area contributed by atoms with E-state index in [9.17, 15) is 0 Å². The molecule has 2 heteroatoms. The highest BCUT2D eigenvalue weighted by molar-refractivity contribution is 8.00. The monoisotopic (exact) mass is 289 g/mol. The normalized spacial score (nSPS) is 26.8. The Labute approximate surface area is 127 Å². The molecule has 1 nitrogen and oxygen atoms in total. The van der Waals surface area contributed by atoms with E-state index in [1.54, 1.807) is 0 Å². The third-order valence-corrected chi connectivity index (χ3v) is 6.37. The van der Waals surface area contributed by atoms with E-state index in [4.69, 9.17) is 0 Å². The Morgan fingerprint density at radius 1 is 1.10 bits per heavy atom. The first-order valence-electron chi connectivity index (χ1n) is 8.24. The third kappa shape index (κ3) is 3.33. The van der Waals surface area contributed by atoms with Crippen molar-refractivity contribution < 1.29 is 0 Å². The number of hydrogen-bond acceptors (Lipinski definition) is 2. The van der Waals surface area contributed by atoms with E-state index in [0.29, 0.717) is 6.04 Å². The highest BCUT2D eigenvalue weighted by Crippen LogP contribution is 2.40. The number of anilines is 1. The molecule has 0 bridgehead atoms. The van der Waals surface area contributed by atoms with E-state index in [2.05, 4.69) is 55.2 Å². The molecule has 2 saturated carbocycles. The number of benzene rings is 1. The van der Waals surface area contributed by atoms with E-state index in [1.165, 1.54) is 49.1 Å². The molecule has 0 radical (unpaired) electrons. The summed E-state index contributed by atoms with van der Waals surface area (Å²) < 4.78 is 0. The minimum absolute atomic E-state index is 0.702. The Hall–Kier alpha value is -0.630. The maximum Gasteiger partial charge on any atom is 0.0480 e. The second kappa shape index (κ2) is 6.43. The highest BCUT2D eigenvalue weighted by atomic mass is 32.2. The number of thioether (sulfide) groups is 1. The molecule has 0 amide bonds. The second-order valence-electron chi connectivity index (χ2n) is 6.84. The van der Waals surface area contributed by atoms with Crippen molar-refractivity contribution in [2.75, 3.05) is 5.32 Å². The van der Waals surface area contributed by atoms with Crippen LogP contribution in [0, 0.1) is 11.8 Å². The first kappa shape index (κ1) is 14.3. The topological polar surface area (TPSA) is 12.0 Å². The third-order valence-electron chi connectivity index (χ3n) is 4.96. The molecule has 20 heavy (non-hydrogen) atoms. The molecule has 0 heterocycles. The van der Waals surface area contributed by atoms with Crippen molar-refractivity contribution in [1.29, 1.82) is 0 Å². The van der Waals surface area contributed by atoms with E-state index < -0.39 is 0 Å². The van der Waals surface area contributed by atoms with Crippen molar-refractivity contribution in [3.05, 3.63) is 24.3 Å². The zero-order valence-electron chi connectivity index (χ0n) is 12.8. The Balaban J connectivity index is 1.58. The van der Waals surface area contributed by atoms with Gasteiger partial charge in [-0.3, -0.25) is 0 Å². The van der Waals surface area contributed by atoms with Crippen LogP contribution < -0.4 is 5.32 Å². The Bertz CT molecular complexity index is 431. The minimum atomic E-state index is 0.702. The minimum Gasteiger partial charge on any atom is -0.381 e. The van der Waals surface area contributed by atoms with Gasteiger partial charge in [-0.15, -0.1) is 11.8 Å². The van der Waals surface area contributed by atoms with Gasteiger partial charge in [0.1, 0.15) is 0 Å². The molecular formula is C18H27NS. The standard InChI is InChI=1S/C18H27NS/c1-13(2)14-11-15(12-14)19-17-9-5-6-10-18(17)20-16-7-3-4-8-16/h5-6,9-10,13-16,19H,3-4,7-8,11-12H2,1-2H3. The van der Waals surface area contributed by atoms with Crippen molar-refractivity contribution in [2.45, 2.75) is 68.6 Å². The predicted molar refractivity (Wildman–Crippen MR) is 89.5 cm³/mol. The van der Waals surface area contributed by atoms with Crippen molar-refractivity contribution >= 4 is 17.4 Å². The van der Waals surface area contributed by atoms with Crippen LogP contribution in [0.5, 0.6) is 0 Å². The summed E-state index contributed by atoms with van der Waals surface area (Å²) in [4.78, 5) is 1.47. The molecule has 0 unspecified atom stereocenters. The van der Waals surface area contributed by atoms with Gasteiger partial charge in [-0.2, -0.15) is 0 Å². The van der Waals surface area contributed by atoms with Gasteiger partial charge >= 0.3 is 0 Å². The van der Waals surface area contributed by atoms with E-state index >= 15 is 0 Å². The molecule has 0 saturated heterocycles. The summed E-state index contributed by atoms with van der Waals surface area (Å²) in [6.07, 6.45) is 8.34. The van der Waals surface area contributed by atoms with Gasteiger partial charge in [-0.05, 0) is 49.7 Å². The maximum atomic E-state index is 3.78. The molecule has 1 N–H and O–H groups in total. The fraction of sp³-hybridized carbons (Fsp3) is 0.667. The van der Waals surface area contributed by atoms with Crippen LogP contribution in [0.1, 0.15) is 52.4 Å². The van der Waals surface area contributed by atoms with Crippen LogP contribution in [0.4, 0.5) is 5.69 Å². The van der Waals surface area contributed by atoms with E-state index in [-0.39, 0.29) is 0 Å². The van der Waals surface area contributed by atoms with Crippen LogP contribution in [0.25, 0.3) is 0 Å². The van der Waals surface area contributed by atoms with Crippen LogP contribution in [0.3, 0.4) is 0 Å². The highest BCUT2D eigenvalue weighted by Gasteiger charge is 2.31. The molecule has 1 aromatic carbocycles. The first-order valence-corrected chi connectivity index (χ1v) is 9.12. The lowest BCUT2D eigenvalue weighted by Gasteiger charge is -2.39. The number of rotatable bonds is 5. The van der Waals surface area contributed by atoms with Crippen molar-refractivity contribution in [2.24, 2.45) is 11.8 Å². The second-order valence-corrected chi connectivity index (χ2v) is 8.18. The Morgan fingerprint density at radius 2 is 1.80 bits per heavy atom. The number of nitrogens with one attached hydrogen (secondary N) is 1. The summed E-state index contributed by atoms with van der Waals surface area (Å²) in [5, 5.41) is 4.63. The van der Waals surface area contributed by atoms with E-state index in [1.807, 2.05) is 0 Å². The lowest BCUT2D eigenvalue weighted by molar-refractivity contribution is 0.211. The van der Waals surface area contributed by atoms with Gasteiger partial charge in [0.05, 0.1) is 0 Å². The van der Waals surface area contributed by atoms with Gasteiger partial charge in [0, 0.05) is 21.9 Å². The number of hydrogen-bond donors (Lipinski definition) is 1. The van der Waals surface area contributed by atoms with Crippen molar-refractivity contribution in [3.8, 4) is 0 Å². The molecule has 2 aliphatic carbocycles. The molecular weight excluding hydrogens is 262 g/mol. The molecule has 1 aromatic rings. The zero-order chi connectivity index (χ0) is 13.9. The first-order chi connectivity index (χ1) is 9.72. The largest absolute Gasteiger partial charge is 0.381 e. The summed E-state index contributed by atoms with van der Waals surface area (Å²) >= 11 is 2.10. The molecule has 0 atom stereocenters. The molecule has 2 aliphatic rings. The molecule has 0 aromatic heterocycles. The van der Waals surface area contributed by atoms with E-state index in [0.717, 1.165) is 17.1 Å². The molecule has 0 spiro atoms. The van der Waals surface area contributed by atoms with Crippen LogP contribution in [-0.2, 0) is 0 Å². The zero-order valence-corrected chi connectivity index (χ0v) is 13.6. The Kier molecular flexibility index (Phi) is 4.60. The fourth-order valence-electron chi connectivity index (χ4n) is 3.42. The SMILES string of the molecule is CC(C)C1CC(Nc2ccccc2SC2CCCC2)C1. The lowest BCUT2D eigenvalue weighted by atomic mass is 9.73. The van der Waals surface area contributed by atoms with Gasteiger partial charge in [0.2, 0.25) is 0 Å². The van der Waals surface area contributed by atoms with Crippen LogP contribution >= 0.6 is 11.8 Å².